The van der Waals surface area contributed by atoms with E-state index in [0.29, 0.717) is 12.0 Å². The molecular weight excluding hydrogens is 360 g/mol. The smallest absolute Gasteiger partial charge is 0.118 e. The molecule has 4 N–H and O–H groups in total. The van der Waals surface area contributed by atoms with Crippen LogP contribution in [0.15, 0.2) is 42.5 Å². The number of methoxy groups -OCH3 is 1. The van der Waals surface area contributed by atoms with Crippen molar-refractivity contribution in [3.63, 3.8) is 0 Å². The van der Waals surface area contributed by atoms with Crippen molar-refractivity contribution in [3.8, 4) is 5.75 Å². The van der Waals surface area contributed by atoms with Crippen LogP contribution in [0.5, 0.6) is 5.75 Å². The summed E-state index contributed by atoms with van der Waals surface area (Å²) in [6.07, 6.45) is -4.19. The van der Waals surface area contributed by atoms with Crippen molar-refractivity contribution >= 4 is 0 Å². The average Bonchev–Trinajstić information content (AvgIpc) is 2.73. The zero-order valence-corrected chi connectivity index (χ0v) is 16.2. The van der Waals surface area contributed by atoms with Crippen molar-refractivity contribution in [1.82, 2.24) is 0 Å². The van der Waals surface area contributed by atoms with E-state index in [1.54, 1.807) is 7.11 Å². The van der Waals surface area contributed by atoms with Gasteiger partial charge in [-0.2, -0.15) is 0 Å². The minimum atomic E-state index is -1.38. The van der Waals surface area contributed by atoms with Crippen molar-refractivity contribution in [3.05, 3.63) is 64.7 Å². The Labute approximate surface area is 165 Å². The third-order valence-electron chi connectivity index (χ3n) is 5.39. The molecule has 0 amide bonds. The molecule has 1 heterocycles. The fourth-order valence-corrected chi connectivity index (χ4v) is 3.67. The SMILES string of the molecule is CCc1ccc([C@@H]2O[C@H](CO)[C@@H](O)[C@H](O)[C@H]2O)cc1Cc1ccc(OC)cc1. The van der Waals surface area contributed by atoms with Crippen LogP contribution in [0.1, 0.15) is 35.3 Å². The molecule has 6 heteroatoms. The molecule has 0 radical (unpaired) electrons. The third-order valence-corrected chi connectivity index (χ3v) is 5.39. The lowest BCUT2D eigenvalue weighted by atomic mass is 9.88. The lowest BCUT2D eigenvalue weighted by molar-refractivity contribution is -0.231. The van der Waals surface area contributed by atoms with Crippen molar-refractivity contribution in [2.45, 2.75) is 50.3 Å². The molecule has 0 aromatic heterocycles. The van der Waals surface area contributed by atoms with Gasteiger partial charge >= 0.3 is 0 Å². The van der Waals surface area contributed by atoms with E-state index in [1.165, 1.54) is 5.56 Å². The highest BCUT2D eigenvalue weighted by Crippen LogP contribution is 2.33. The van der Waals surface area contributed by atoms with Crippen molar-refractivity contribution < 1.29 is 29.9 Å². The molecule has 0 aliphatic carbocycles. The molecule has 2 aromatic carbocycles. The summed E-state index contributed by atoms with van der Waals surface area (Å²) in [4.78, 5) is 0. The Bertz CT molecular complexity index is 773. The number of rotatable bonds is 6. The van der Waals surface area contributed by atoms with Crippen LogP contribution in [0, 0.1) is 0 Å². The monoisotopic (exact) mass is 388 g/mol. The van der Waals surface area contributed by atoms with E-state index in [2.05, 4.69) is 6.92 Å². The molecule has 28 heavy (non-hydrogen) atoms. The van der Waals surface area contributed by atoms with Gasteiger partial charge in [-0.3, -0.25) is 0 Å². The molecule has 152 valence electrons. The predicted molar refractivity (Wildman–Crippen MR) is 104 cm³/mol. The number of ether oxygens (including phenoxy) is 2. The Hall–Kier alpha value is -1.96. The largest absolute Gasteiger partial charge is 0.497 e. The van der Waals surface area contributed by atoms with Crippen molar-refractivity contribution in [1.29, 1.82) is 0 Å². The van der Waals surface area contributed by atoms with Gasteiger partial charge < -0.3 is 29.9 Å². The van der Waals surface area contributed by atoms with Gasteiger partial charge in [-0.15, -0.1) is 0 Å². The van der Waals surface area contributed by atoms with Gasteiger partial charge in [-0.05, 0) is 47.2 Å². The van der Waals surface area contributed by atoms with E-state index < -0.39 is 37.1 Å². The number of hydrogen-bond donors (Lipinski definition) is 4. The molecule has 1 saturated heterocycles. The van der Waals surface area contributed by atoms with Crippen LogP contribution in [0.2, 0.25) is 0 Å². The Kier molecular flexibility index (Phi) is 6.69. The highest BCUT2D eigenvalue weighted by molar-refractivity contribution is 5.39. The fourth-order valence-electron chi connectivity index (χ4n) is 3.67. The zero-order chi connectivity index (χ0) is 20.3. The van der Waals surface area contributed by atoms with E-state index in [9.17, 15) is 20.4 Å². The highest BCUT2D eigenvalue weighted by Gasteiger charge is 2.43. The maximum absolute atomic E-state index is 10.4. The van der Waals surface area contributed by atoms with Crippen LogP contribution >= 0.6 is 0 Å². The first-order valence-corrected chi connectivity index (χ1v) is 9.53. The number of aliphatic hydroxyl groups is 4. The minimum absolute atomic E-state index is 0.437. The molecule has 6 nitrogen and oxygen atoms in total. The maximum atomic E-state index is 10.4. The predicted octanol–water partition coefficient (Wildman–Crippen LogP) is 1.36. The Morgan fingerprint density at radius 3 is 2.25 bits per heavy atom. The zero-order valence-electron chi connectivity index (χ0n) is 16.2. The molecule has 0 spiro atoms. The van der Waals surface area contributed by atoms with Gasteiger partial charge in [-0.1, -0.05) is 37.3 Å². The van der Waals surface area contributed by atoms with Gasteiger partial charge in [0, 0.05) is 0 Å². The van der Waals surface area contributed by atoms with E-state index in [4.69, 9.17) is 9.47 Å². The normalized spacial score (nSPS) is 27.6. The Morgan fingerprint density at radius 2 is 1.64 bits per heavy atom. The minimum Gasteiger partial charge on any atom is -0.497 e. The molecule has 0 unspecified atom stereocenters. The lowest BCUT2D eigenvalue weighted by Crippen LogP contribution is -2.55. The van der Waals surface area contributed by atoms with Crippen LogP contribution in [-0.2, 0) is 17.6 Å². The first-order chi connectivity index (χ1) is 13.5. The van der Waals surface area contributed by atoms with Crippen LogP contribution in [-0.4, -0.2) is 58.6 Å². The van der Waals surface area contributed by atoms with E-state index >= 15 is 0 Å². The Morgan fingerprint density at radius 1 is 0.929 bits per heavy atom. The van der Waals surface area contributed by atoms with Gasteiger partial charge in [0.1, 0.15) is 36.3 Å². The molecule has 0 bridgehead atoms. The second-order valence-corrected chi connectivity index (χ2v) is 7.16. The first kappa shape index (κ1) is 20.8. The summed E-state index contributed by atoms with van der Waals surface area (Å²) in [6.45, 7) is 1.65. The van der Waals surface area contributed by atoms with Crippen molar-refractivity contribution in [2.75, 3.05) is 13.7 Å². The number of aliphatic hydroxyl groups excluding tert-OH is 4. The molecule has 3 rings (SSSR count). The number of benzene rings is 2. The molecule has 2 aromatic rings. The number of hydrogen-bond acceptors (Lipinski definition) is 6. The summed E-state index contributed by atoms with van der Waals surface area (Å²) < 4.78 is 10.9. The summed E-state index contributed by atoms with van der Waals surface area (Å²) in [7, 11) is 1.63. The second-order valence-electron chi connectivity index (χ2n) is 7.16. The first-order valence-electron chi connectivity index (χ1n) is 9.53. The second kappa shape index (κ2) is 9.03. The van der Waals surface area contributed by atoms with E-state index in [1.807, 2.05) is 42.5 Å². The average molecular weight is 388 g/mol. The van der Waals surface area contributed by atoms with Crippen LogP contribution in [0.4, 0.5) is 0 Å². The Balaban J connectivity index is 1.89. The summed E-state index contributed by atoms with van der Waals surface area (Å²) in [6, 6.07) is 13.7. The fraction of sp³-hybridized carbons (Fsp3) is 0.455. The third kappa shape index (κ3) is 4.21. The van der Waals surface area contributed by atoms with Gasteiger partial charge in [0.15, 0.2) is 0 Å². The molecule has 0 saturated carbocycles. The summed E-state index contributed by atoms with van der Waals surface area (Å²) in [5.41, 5.74) is 4.12. The highest BCUT2D eigenvalue weighted by atomic mass is 16.5. The van der Waals surface area contributed by atoms with E-state index in [0.717, 1.165) is 23.3 Å². The van der Waals surface area contributed by atoms with Gasteiger partial charge in [-0.25, -0.2) is 0 Å². The number of aryl methyl sites for hydroxylation is 1. The van der Waals surface area contributed by atoms with Gasteiger partial charge in [0.2, 0.25) is 0 Å². The van der Waals surface area contributed by atoms with Crippen LogP contribution in [0.25, 0.3) is 0 Å². The van der Waals surface area contributed by atoms with Crippen LogP contribution < -0.4 is 4.74 Å². The molecule has 1 aliphatic rings. The topological polar surface area (TPSA) is 99.4 Å². The molecule has 1 fully saturated rings. The van der Waals surface area contributed by atoms with Crippen LogP contribution in [0.3, 0.4) is 0 Å². The van der Waals surface area contributed by atoms with Crippen molar-refractivity contribution in [2.24, 2.45) is 0 Å². The maximum Gasteiger partial charge on any atom is 0.118 e. The molecular formula is C22H28O6. The lowest BCUT2D eigenvalue weighted by Gasteiger charge is -2.40. The standard InChI is InChI=1S/C22H28O6/c1-3-14-6-7-15(22-21(26)20(25)19(24)18(12-23)28-22)11-16(14)10-13-4-8-17(27-2)9-5-13/h4-9,11,18-26H,3,10,12H2,1-2H3/t18-,19-,20+,21-,22+/m1/s1. The molecule has 1 aliphatic heterocycles. The summed E-state index contributed by atoms with van der Waals surface area (Å²) >= 11 is 0. The van der Waals surface area contributed by atoms with E-state index in [-0.39, 0.29) is 0 Å². The quantitative estimate of drug-likeness (QED) is 0.596. The van der Waals surface area contributed by atoms with Gasteiger partial charge in [0.05, 0.1) is 13.7 Å². The summed E-state index contributed by atoms with van der Waals surface area (Å²) in [5.74, 6) is 0.800. The van der Waals surface area contributed by atoms with Gasteiger partial charge in [0.25, 0.3) is 0 Å². The molecule has 5 atom stereocenters. The summed E-state index contributed by atoms with van der Waals surface area (Å²) in [5, 5.41) is 39.9.